The van der Waals surface area contributed by atoms with Crippen LogP contribution in [0.4, 0.5) is 0 Å². The van der Waals surface area contributed by atoms with Crippen LogP contribution in [-0.2, 0) is 4.79 Å². The number of hydrogen-bond donors (Lipinski definition) is 1. The van der Waals surface area contributed by atoms with Gasteiger partial charge in [-0.1, -0.05) is 13.8 Å². The first-order valence-electron chi connectivity index (χ1n) is 5.94. The third-order valence-corrected chi connectivity index (χ3v) is 3.59. The van der Waals surface area contributed by atoms with E-state index in [0.717, 1.165) is 0 Å². The van der Waals surface area contributed by atoms with Crippen LogP contribution in [0.5, 0.6) is 0 Å². The maximum absolute atomic E-state index is 12.1. The highest BCUT2D eigenvalue weighted by Crippen LogP contribution is 2.30. The van der Waals surface area contributed by atoms with E-state index in [2.05, 4.69) is 5.10 Å². The second kappa shape index (κ2) is 4.14. The van der Waals surface area contributed by atoms with Gasteiger partial charge in [0.25, 0.3) is 0 Å². The van der Waals surface area contributed by atoms with Gasteiger partial charge in [0.15, 0.2) is 0 Å². The van der Waals surface area contributed by atoms with Crippen LogP contribution in [0.3, 0.4) is 0 Å². The van der Waals surface area contributed by atoms with Crippen molar-refractivity contribution in [3.05, 3.63) is 18.5 Å². The van der Waals surface area contributed by atoms with Crippen molar-refractivity contribution in [2.24, 2.45) is 5.92 Å². The molecule has 2 rings (SSSR count). The molecule has 0 aromatic carbocycles. The van der Waals surface area contributed by atoms with Crippen molar-refractivity contribution in [2.75, 3.05) is 13.1 Å². The summed E-state index contributed by atoms with van der Waals surface area (Å²) in [6, 6.07) is 1.49. The normalized spacial score (nSPS) is 20.2. The minimum Gasteiger partial charge on any atom is -0.386 e. The lowest BCUT2D eigenvalue weighted by Crippen LogP contribution is -2.66. The lowest BCUT2D eigenvalue weighted by atomic mass is 9.82. The number of amides is 1. The molecule has 17 heavy (non-hydrogen) atoms. The third kappa shape index (κ3) is 2.07. The molecule has 0 bridgehead atoms. The van der Waals surface area contributed by atoms with Gasteiger partial charge in [-0.25, -0.2) is 0 Å². The van der Waals surface area contributed by atoms with Crippen molar-refractivity contribution in [3.8, 4) is 0 Å². The molecule has 1 amide bonds. The van der Waals surface area contributed by atoms with Gasteiger partial charge in [-0.05, 0) is 18.9 Å². The van der Waals surface area contributed by atoms with E-state index in [1.807, 2.05) is 20.8 Å². The zero-order valence-electron chi connectivity index (χ0n) is 10.5. The highest BCUT2D eigenvalue weighted by atomic mass is 16.3. The first-order chi connectivity index (χ1) is 7.94. The molecule has 0 saturated carbocycles. The zero-order chi connectivity index (χ0) is 12.6. The minimum atomic E-state index is -0.709. The lowest BCUT2D eigenvalue weighted by molar-refractivity contribution is -0.166. The summed E-state index contributed by atoms with van der Waals surface area (Å²) in [5, 5.41) is 14.2. The van der Waals surface area contributed by atoms with E-state index in [-0.39, 0.29) is 17.9 Å². The van der Waals surface area contributed by atoms with Gasteiger partial charge in [0.2, 0.25) is 5.91 Å². The average Bonchev–Trinajstić information content (AvgIpc) is 2.75. The number of hydrogen-bond acceptors (Lipinski definition) is 3. The molecule has 94 valence electrons. The SMILES string of the molecule is CC(C(=O)N1CC(O)(C(C)C)C1)n1cccn1. The van der Waals surface area contributed by atoms with Crippen LogP contribution in [-0.4, -0.2) is 44.4 Å². The molecule has 1 aromatic rings. The number of carbonyl (C=O) groups is 1. The van der Waals surface area contributed by atoms with E-state index in [1.54, 1.807) is 28.0 Å². The summed E-state index contributed by atoms with van der Waals surface area (Å²) in [7, 11) is 0. The molecule has 0 spiro atoms. The first-order valence-corrected chi connectivity index (χ1v) is 5.94. The number of likely N-dealkylation sites (tertiary alicyclic amines) is 1. The van der Waals surface area contributed by atoms with Crippen molar-refractivity contribution in [3.63, 3.8) is 0 Å². The summed E-state index contributed by atoms with van der Waals surface area (Å²) in [5.41, 5.74) is -0.709. The number of aromatic nitrogens is 2. The van der Waals surface area contributed by atoms with Crippen LogP contribution in [0.15, 0.2) is 18.5 Å². The van der Waals surface area contributed by atoms with Crippen LogP contribution in [0.2, 0.25) is 0 Å². The average molecular weight is 237 g/mol. The largest absolute Gasteiger partial charge is 0.386 e. The molecular formula is C12H19N3O2. The molecule has 1 aromatic heterocycles. The van der Waals surface area contributed by atoms with Gasteiger partial charge < -0.3 is 10.0 Å². The molecule has 1 aliphatic rings. The quantitative estimate of drug-likeness (QED) is 0.840. The molecule has 2 heterocycles. The number of aliphatic hydroxyl groups is 1. The van der Waals surface area contributed by atoms with Gasteiger partial charge in [0.1, 0.15) is 11.6 Å². The molecular weight excluding hydrogens is 218 g/mol. The Balaban J connectivity index is 1.96. The Morgan fingerprint density at radius 2 is 2.06 bits per heavy atom. The van der Waals surface area contributed by atoms with Gasteiger partial charge in [-0.15, -0.1) is 0 Å². The predicted molar refractivity (Wildman–Crippen MR) is 63.3 cm³/mol. The predicted octanol–water partition coefficient (Wildman–Crippen LogP) is 0.673. The summed E-state index contributed by atoms with van der Waals surface area (Å²) in [6.07, 6.45) is 3.43. The maximum atomic E-state index is 12.1. The summed E-state index contributed by atoms with van der Waals surface area (Å²) < 4.78 is 1.63. The highest BCUT2D eigenvalue weighted by Gasteiger charge is 2.46. The second-order valence-electron chi connectivity index (χ2n) is 5.11. The van der Waals surface area contributed by atoms with E-state index in [4.69, 9.17) is 0 Å². The molecule has 0 aliphatic carbocycles. The van der Waals surface area contributed by atoms with E-state index in [9.17, 15) is 9.90 Å². The minimum absolute atomic E-state index is 0.0130. The van der Waals surface area contributed by atoms with Crippen molar-refractivity contribution in [2.45, 2.75) is 32.4 Å². The van der Waals surface area contributed by atoms with E-state index in [0.29, 0.717) is 13.1 Å². The molecule has 1 N–H and O–H groups in total. The van der Waals surface area contributed by atoms with Crippen molar-refractivity contribution < 1.29 is 9.90 Å². The molecule has 1 saturated heterocycles. The number of rotatable bonds is 3. The second-order valence-corrected chi connectivity index (χ2v) is 5.11. The van der Waals surface area contributed by atoms with Crippen LogP contribution >= 0.6 is 0 Å². The summed E-state index contributed by atoms with van der Waals surface area (Å²) in [6.45, 7) is 6.61. The fourth-order valence-corrected chi connectivity index (χ4v) is 2.02. The van der Waals surface area contributed by atoms with Crippen LogP contribution < -0.4 is 0 Å². The summed E-state index contributed by atoms with van der Waals surface area (Å²) >= 11 is 0. The molecule has 1 fully saturated rings. The standard InChI is InChI=1S/C12H19N3O2/c1-9(2)12(17)7-14(8-12)11(16)10(3)15-6-4-5-13-15/h4-6,9-10,17H,7-8H2,1-3H3. The Kier molecular flexibility index (Phi) is 2.95. The molecule has 1 unspecified atom stereocenters. The monoisotopic (exact) mass is 237 g/mol. The van der Waals surface area contributed by atoms with Gasteiger partial charge >= 0.3 is 0 Å². The third-order valence-electron chi connectivity index (χ3n) is 3.59. The van der Waals surface area contributed by atoms with Crippen LogP contribution in [0, 0.1) is 5.92 Å². The molecule has 0 radical (unpaired) electrons. The lowest BCUT2D eigenvalue weighted by Gasteiger charge is -2.49. The maximum Gasteiger partial charge on any atom is 0.247 e. The highest BCUT2D eigenvalue weighted by molar-refractivity contribution is 5.81. The summed E-state index contributed by atoms with van der Waals surface area (Å²) in [4.78, 5) is 13.8. The Hall–Kier alpha value is -1.36. The molecule has 5 heteroatoms. The van der Waals surface area contributed by atoms with Gasteiger partial charge in [-0.3, -0.25) is 9.48 Å². The van der Waals surface area contributed by atoms with Gasteiger partial charge in [0, 0.05) is 12.4 Å². The number of β-amino-alcohol motifs (C(OH)–C–C–N with tert-alkyl or cyclic N) is 1. The van der Waals surface area contributed by atoms with Crippen molar-refractivity contribution in [1.29, 1.82) is 0 Å². The van der Waals surface area contributed by atoms with Crippen molar-refractivity contribution in [1.82, 2.24) is 14.7 Å². The number of nitrogens with zero attached hydrogens (tertiary/aromatic N) is 3. The Morgan fingerprint density at radius 3 is 2.53 bits per heavy atom. The topological polar surface area (TPSA) is 58.4 Å². The van der Waals surface area contributed by atoms with E-state index in [1.165, 1.54) is 0 Å². The zero-order valence-corrected chi connectivity index (χ0v) is 10.5. The van der Waals surface area contributed by atoms with Crippen molar-refractivity contribution >= 4 is 5.91 Å². The Bertz CT molecular complexity index is 394. The number of carbonyl (C=O) groups excluding carboxylic acids is 1. The van der Waals surface area contributed by atoms with Crippen LogP contribution in [0.1, 0.15) is 26.8 Å². The fraction of sp³-hybridized carbons (Fsp3) is 0.667. The fourth-order valence-electron chi connectivity index (χ4n) is 2.02. The van der Waals surface area contributed by atoms with Gasteiger partial charge in [0.05, 0.1) is 13.1 Å². The Labute approximate surface area is 101 Å². The molecule has 1 atom stereocenters. The summed E-state index contributed by atoms with van der Waals surface area (Å²) in [5.74, 6) is 0.186. The van der Waals surface area contributed by atoms with E-state index < -0.39 is 5.60 Å². The Morgan fingerprint density at radius 1 is 1.41 bits per heavy atom. The first kappa shape index (κ1) is 12.1. The van der Waals surface area contributed by atoms with Crippen LogP contribution in [0.25, 0.3) is 0 Å². The van der Waals surface area contributed by atoms with Gasteiger partial charge in [-0.2, -0.15) is 5.10 Å². The van der Waals surface area contributed by atoms with E-state index >= 15 is 0 Å². The molecule has 1 aliphatic heterocycles. The smallest absolute Gasteiger partial charge is 0.247 e. The molecule has 5 nitrogen and oxygen atoms in total.